The second kappa shape index (κ2) is 5.55. The lowest BCUT2D eigenvalue weighted by atomic mass is 9.89. The molecule has 2 aliphatic heterocycles. The summed E-state index contributed by atoms with van der Waals surface area (Å²) in [6, 6.07) is 11.2. The van der Waals surface area contributed by atoms with Crippen LogP contribution >= 0.6 is 11.8 Å². The molecule has 19 heavy (non-hydrogen) atoms. The van der Waals surface area contributed by atoms with Crippen molar-refractivity contribution in [3.8, 4) is 0 Å². The van der Waals surface area contributed by atoms with Crippen LogP contribution in [0.2, 0.25) is 0 Å². The van der Waals surface area contributed by atoms with E-state index in [2.05, 4.69) is 29.2 Å². The molecule has 102 valence electrons. The fraction of sp³-hybridized carbons (Fsp3) is 0.533. The van der Waals surface area contributed by atoms with Gasteiger partial charge in [-0.3, -0.25) is 9.69 Å². The van der Waals surface area contributed by atoms with Crippen molar-refractivity contribution in [1.29, 1.82) is 0 Å². The number of nitrogens with zero attached hydrogens (tertiary/aromatic N) is 1. The van der Waals surface area contributed by atoms with Gasteiger partial charge in [-0.15, -0.1) is 11.8 Å². The van der Waals surface area contributed by atoms with Crippen molar-refractivity contribution in [2.24, 2.45) is 5.92 Å². The van der Waals surface area contributed by atoms with Crippen LogP contribution in [0, 0.1) is 5.92 Å². The Labute approximate surface area is 118 Å². The highest BCUT2D eigenvalue weighted by molar-refractivity contribution is 7.99. The fourth-order valence-corrected chi connectivity index (χ4v) is 4.39. The molecule has 2 aliphatic rings. The summed E-state index contributed by atoms with van der Waals surface area (Å²) in [5, 5.41) is 9.22. The number of aliphatic carboxylic acids is 1. The van der Waals surface area contributed by atoms with Crippen molar-refractivity contribution >= 4 is 17.7 Å². The van der Waals surface area contributed by atoms with Crippen LogP contribution in [0.5, 0.6) is 0 Å². The van der Waals surface area contributed by atoms with E-state index in [-0.39, 0.29) is 5.92 Å². The molecule has 2 saturated heterocycles. The van der Waals surface area contributed by atoms with Gasteiger partial charge in [-0.05, 0) is 31.4 Å². The topological polar surface area (TPSA) is 40.5 Å². The minimum absolute atomic E-state index is 0.125. The smallest absolute Gasteiger partial charge is 0.308 e. The minimum atomic E-state index is -0.604. The van der Waals surface area contributed by atoms with Gasteiger partial charge in [-0.2, -0.15) is 0 Å². The van der Waals surface area contributed by atoms with Crippen LogP contribution < -0.4 is 0 Å². The summed E-state index contributed by atoms with van der Waals surface area (Å²) in [6.45, 7) is 1.01. The van der Waals surface area contributed by atoms with Crippen LogP contribution in [-0.2, 0) is 4.79 Å². The van der Waals surface area contributed by atoms with E-state index >= 15 is 0 Å². The fourth-order valence-electron chi connectivity index (χ4n) is 3.50. The van der Waals surface area contributed by atoms with Crippen LogP contribution in [0.15, 0.2) is 35.2 Å². The highest BCUT2D eigenvalue weighted by atomic mass is 32.2. The first kappa shape index (κ1) is 13.0. The summed E-state index contributed by atoms with van der Waals surface area (Å²) in [7, 11) is 0. The maximum Gasteiger partial charge on any atom is 0.308 e. The number of hydrogen-bond donors (Lipinski definition) is 1. The van der Waals surface area contributed by atoms with Gasteiger partial charge in [0.15, 0.2) is 0 Å². The number of thioether (sulfide) groups is 1. The molecule has 3 rings (SSSR count). The second-order valence-electron chi connectivity index (χ2n) is 5.38. The van der Waals surface area contributed by atoms with E-state index in [4.69, 9.17) is 0 Å². The summed E-state index contributed by atoms with van der Waals surface area (Å²) >= 11 is 1.86. The van der Waals surface area contributed by atoms with Gasteiger partial charge < -0.3 is 5.11 Å². The third kappa shape index (κ3) is 2.65. The van der Waals surface area contributed by atoms with E-state index in [0.717, 1.165) is 25.1 Å². The van der Waals surface area contributed by atoms with E-state index in [1.807, 2.05) is 17.8 Å². The number of carboxylic acid groups (broad SMARTS) is 1. The van der Waals surface area contributed by atoms with Crippen molar-refractivity contribution in [2.75, 3.05) is 12.3 Å². The second-order valence-corrected chi connectivity index (χ2v) is 6.55. The maximum absolute atomic E-state index is 11.2. The zero-order valence-electron chi connectivity index (χ0n) is 10.9. The average molecular weight is 277 g/mol. The number of fused-ring (bicyclic) bond motifs is 2. The molecule has 0 radical (unpaired) electrons. The van der Waals surface area contributed by atoms with Gasteiger partial charge in [-0.25, -0.2) is 0 Å². The molecule has 0 amide bonds. The molecule has 0 spiro atoms. The summed E-state index contributed by atoms with van der Waals surface area (Å²) < 4.78 is 0. The lowest BCUT2D eigenvalue weighted by Crippen LogP contribution is -2.34. The summed E-state index contributed by atoms with van der Waals surface area (Å²) in [4.78, 5) is 14.9. The first-order valence-electron chi connectivity index (χ1n) is 6.92. The van der Waals surface area contributed by atoms with Crippen molar-refractivity contribution in [2.45, 2.75) is 36.2 Å². The molecule has 0 aromatic heterocycles. The Morgan fingerprint density at radius 3 is 2.79 bits per heavy atom. The van der Waals surface area contributed by atoms with E-state index in [9.17, 15) is 9.90 Å². The maximum atomic E-state index is 11.2. The summed E-state index contributed by atoms with van der Waals surface area (Å²) in [5.74, 6) is 0.317. The Hall–Kier alpha value is -1.00. The Kier molecular flexibility index (Phi) is 3.80. The number of rotatable bonds is 5. The Bertz CT molecular complexity index is 451. The Morgan fingerprint density at radius 2 is 2.11 bits per heavy atom. The van der Waals surface area contributed by atoms with Crippen LogP contribution in [0.25, 0.3) is 0 Å². The lowest BCUT2D eigenvalue weighted by Gasteiger charge is -2.22. The van der Waals surface area contributed by atoms with E-state index in [1.165, 1.54) is 11.3 Å². The van der Waals surface area contributed by atoms with Crippen molar-refractivity contribution in [3.63, 3.8) is 0 Å². The summed E-state index contributed by atoms with van der Waals surface area (Å²) in [5.41, 5.74) is 0. The Morgan fingerprint density at radius 1 is 1.32 bits per heavy atom. The zero-order chi connectivity index (χ0) is 13.2. The minimum Gasteiger partial charge on any atom is -0.481 e. The highest BCUT2D eigenvalue weighted by Crippen LogP contribution is 2.41. The first-order valence-corrected chi connectivity index (χ1v) is 7.90. The van der Waals surface area contributed by atoms with Crippen LogP contribution in [0.3, 0.4) is 0 Å². The van der Waals surface area contributed by atoms with E-state index in [1.54, 1.807) is 0 Å². The van der Waals surface area contributed by atoms with Gasteiger partial charge in [0.2, 0.25) is 0 Å². The molecular weight excluding hydrogens is 258 g/mol. The molecule has 0 aliphatic carbocycles. The van der Waals surface area contributed by atoms with Gasteiger partial charge >= 0.3 is 5.97 Å². The predicted molar refractivity (Wildman–Crippen MR) is 76.4 cm³/mol. The van der Waals surface area contributed by atoms with E-state index in [0.29, 0.717) is 12.1 Å². The normalized spacial score (nSPS) is 29.8. The standard InChI is InChI=1S/C15H19NO2S/c17-15(18)13-10-11-6-7-14(13)16(11)8-9-19-12-4-2-1-3-5-12/h1-5,11,13-14H,6-10H2,(H,17,18). The van der Waals surface area contributed by atoms with Crippen molar-refractivity contribution in [3.05, 3.63) is 30.3 Å². The van der Waals surface area contributed by atoms with E-state index < -0.39 is 5.97 Å². The molecule has 3 nitrogen and oxygen atoms in total. The number of benzene rings is 1. The molecule has 2 heterocycles. The Balaban J connectivity index is 1.53. The monoisotopic (exact) mass is 277 g/mol. The molecule has 2 bridgehead atoms. The molecule has 3 unspecified atom stereocenters. The molecule has 0 saturated carbocycles. The molecule has 1 aromatic carbocycles. The van der Waals surface area contributed by atoms with Crippen LogP contribution in [-0.4, -0.2) is 40.4 Å². The number of carbonyl (C=O) groups is 1. The largest absolute Gasteiger partial charge is 0.481 e. The zero-order valence-corrected chi connectivity index (χ0v) is 11.7. The molecule has 3 atom stereocenters. The SMILES string of the molecule is O=C(O)C1CC2CCC1N2CCSc1ccccc1. The van der Waals surface area contributed by atoms with Gasteiger partial charge in [0, 0.05) is 29.3 Å². The average Bonchev–Trinajstić information content (AvgIpc) is 2.97. The van der Waals surface area contributed by atoms with Gasteiger partial charge in [0.25, 0.3) is 0 Å². The van der Waals surface area contributed by atoms with Crippen LogP contribution in [0.4, 0.5) is 0 Å². The molecular formula is C15H19NO2S. The van der Waals surface area contributed by atoms with Gasteiger partial charge in [-0.1, -0.05) is 18.2 Å². The quantitative estimate of drug-likeness (QED) is 0.840. The van der Waals surface area contributed by atoms with Crippen molar-refractivity contribution in [1.82, 2.24) is 4.90 Å². The van der Waals surface area contributed by atoms with Gasteiger partial charge in [0.05, 0.1) is 5.92 Å². The third-order valence-electron chi connectivity index (χ3n) is 4.36. The first-order chi connectivity index (χ1) is 9.25. The molecule has 2 fully saturated rings. The molecule has 1 N–H and O–H groups in total. The van der Waals surface area contributed by atoms with Crippen LogP contribution in [0.1, 0.15) is 19.3 Å². The number of carboxylic acids is 1. The summed E-state index contributed by atoms with van der Waals surface area (Å²) in [6.07, 6.45) is 3.11. The van der Waals surface area contributed by atoms with Gasteiger partial charge in [0.1, 0.15) is 0 Å². The third-order valence-corrected chi connectivity index (χ3v) is 5.35. The molecule has 1 aromatic rings. The number of hydrogen-bond acceptors (Lipinski definition) is 3. The van der Waals surface area contributed by atoms with Crippen molar-refractivity contribution < 1.29 is 9.90 Å². The molecule has 4 heteroatoms. The predicted octanol–water partition coefficient (Wildman–Crippen LogP) is 2.72. The highest BCUT2D eigenvalue weighted by Gasteiger charge is 2.48. The lowest BCUT2D eigenvalue weighted by molar-refractivity contribution is -0.142.